The van der Waals surface area contributed by atoms with Gasteiger partial charge in [0.15, 0.2) is 0 Å². The summed E-state index contributed by atoms with van der Waals surface area (Å²) in [5.74, 6) is -0.287. The largest absolute Gasteiger partial charge is 0.322 e. The molecule has 0 bridgehead atoms. The SMILES string of the molecule is Cc1cc(S(=O)(=O)Cl)cc(C)c1NC(=O)c1ccncc1. The van der Waals surface area contributed by atoms with Crippen molar-refractivity contribution in [3.05, 3.63) is 53.3 Å². The van der Waals surface area contributed by atoms with Crippen molar-refractivity contribution in [3.8, 4) is 0 Å². The third kappa shape index (κ3) is 3.59. The average molecular weight is 325 g/mol. The maximum Gasteiger partial charge on any atom is 0.261 e. The number of hydrogen-bond acceptors (Lipinski definition) is 4. The Labute approximate surface area is 127 Å². The Kier molecular flexibility index (Phi) is 4.29. The second-order valence-electron chi connectivity index (χ2n) is 4.56. The molecular formula is C14H13ClN2O3S. The fraction of sp³-hybridized carbons (Fsp3) is 0.143. The quantitative estimate of drug-likeness (QED) is 0.881. The van der Waals surface area contributed by atoms with Crippen molar-refractivity contribution in [2.24, 2.45) is 0 Å². The molecule has 0 saturated heterocycles. The molecular weight excluding hydrogens is 312 g/mol. The number of nitrogens with zero attached hydrogens (tertiary/aromatic N) is 1. The predicted octanol–water partition coefficient (Wildman–Crippen LogP) is 2.88. The standard InChI is InChI=1S/C14H13ClN2O3S/c1-9-7-12(21(15,19)20)8-10(2)13(9)17-14(18)11-3-5-16-6-4-11/h3-8H,1-2H3,(H,17,18). The predicted molar refractivity (Wildman–Crippen MR) is 81.1 cm³/mol. The molecule has 0 saturated carbocycles. The van der Waals surface area contributed by atoms with E-state index in [2.05, 4.69) is 10.3 Å². The number of carbonyl (C=O) groups is 1. The van der Waals surface area contributed by atoms with Crippen molar-refractivity contribution >= 4 is 31.3 Å². The lowest BCUT2D eigenvalue weighted by atomic mass is 10.1. The summed E-state index contributed by atoms with van der Waals surface area (Å²) in [5.41, 5.74) is 2.28. The maximum absolute atomic E-state index is 12.1. The highest BCUT2D eigenvalue weighted by molar-refractivity contribution is 8.13. The fourth-order valence-corrected chi connectivity index (χ4v) is 2.85. The van der Waals surface area contributed by atoms with Crippen LogP contribution in [0, 0.1) is 13.8 Å². The van der Waals surface area contributed by atoms with E-state index in [1.54, 1.807) is 26.0 Å². The molecule has 1 aromatic carbocycles. The smallest absolute Gasteiger partial charge is 0.261 e. The van der Waals surface area contributed by atoms with Crippen LogP contribution < -0.4 is 5.32 Å². The summed E-state index contributed by atoms with van der Waals surface area (Å²) >= 11 is 0. The fourth-order valence-electron chi connectivity index (χ4n) is 1.95. The molecule has 0 aliphatic rings. The topological polar surface area (TPSA) is 76.1 Å². The van der Waals surface area contributed by atoms with Gasteiger partial charge in [0.25, 0.3) is 15.0 Å². The van der Waals surface area contributed by atoms with E-state index in [4.69, 9.17) is 10.7 Å². The normalized spacial score (nSPS) is 11.2. The van der Waals surface area contributed by atoms with E-state index in [0.29, 0.717) is 22.4 Å². The minimum absolute atomic E-state index is 0.0149. The van der Waals surface area contributed by atoms with E-state index < -0.39 is 9.05 Å². The van der Waals surface area contributed by atoms with Crippen molar-refractivity contribution in [3.63, 3.8) is 0 Å². The Balaban J connectivity index is 2.36. The molecule has 2 rings (SSSR count). The van der Waals surface area contributed by atoms with Crippen LogP contribution in [0.5, 0.6) is 0 Å². The minimum atomic E-state index is -3.79. The van der Waals surface area contributed by atoms with E-state index in [9.17, 15) is 13.2 Å². The molecule has 0 unspecified atom stereocenters. The summed E-state index contributed by atoms with van der Waals surface area (Å²) in [6.07, 6.45) is 3.05. The van der Waals surface area contributed by atoms with Gasteiger partial charge < -0.3 is 5.32 Å². The lowest BCUT2D eigenvalue weighted by Crippen LogP contribution is -2.14. The summed E-state index contributed by atoms with van der Waals surface area (Å²) in [5, 5.41) is 2.77. The Bertz CT molecular complexity index is 766. The molecule has 1 amide bonds. The number of nitrogens with one attached hydrogen (secondary N) is 1. The zero-order chi connectivity index (χ0) is 15.6. The minimum Gasteiger partial charge on any atom is -0.322 e. The van der Waals surface area contributed by atoms with Crippen LogP contribution in [0.15, 0.2) is 41.6 Å². The van der Waals surface area contributed by atoms with E-state index in [1.165, 1.54) is 24.5 Å². The van der Waals surface area contributed by atoms with Crippen LogP contribution in [0.2, 0.25) is 0 Å². The zero-order valence-corrected chi connectivity index (χ0v) is 13.0. The second-order valence-corrected chi connectivity index (χ2v) is 7.13. The Morgan fingerprint density at radius 1 is 1.14 bits per heavy atom. The second kappa shape index (κ2) is 5.83. The molecule has 0 aliphatic heterocycles. The number of rotatable bonds is 3. The number of benzene rings is 1. The van der Waals surface area contributed by atoms with Crippen LogP contribution >= 0.6 is 10.7 Å². The molecule has 0 atom stereocenters. The summed E-state index contributed by atoms with van der Waals surface area (Å²) < 4.78 is 22.7. The van der Waals surface area contributed by atoms with Crippen LogP contribution in [-0.2, 0) is 9.05 Å². The van der Waals surface area contributed by atoms with Crippen molar-refractivity contribution in [1.82, 2.24) is 4.98 Å². The number of aromatic nitrogens is 1. The summed E-state index contributed by atoms with van der Waals surface area (Å²) in [6, 6.07) is 6.05. The van der Waals surface area contributed by atoms with Gasteiger partial charge in [0.2, 0.25) is 0 Å². The van der Waals surface area contributed by atoms with Crippen LogP contribution in [0.25, 0.3) is 0 Å². The van der Waals surface area contributed by atoms with Crippen molar-refractivity contribution in [1.29, 1.82) is 0 Å². The molecule has 21 heavy (non-hydrogen) atoms. The monoisotopic (exact) mass is 324 g/mol. The van der Waals surface area contributed by atoms with E-state index in [0.717, 1.165) is 0 Å². The number of pyridine rings is 1. The van der Waals surface area contributed by atoms with Gasteiger partial charge in [-0.1, -0.05) is 0 Å². The number of amides is 1. The highest BCUT2D eigenvalue weighted by atomic mass is 35.7. The molecule has 110 valence electrons. The van der Waals surface area contributed by atoms with Crippen molar-refractivity contribution in [2.45, 2.75) is 18.7 Å². The van der Waals surface area contributed by atoms with Gasteiger partial charge in [-0.15, -0.1) is 0 Å². The molecule has 0 radical (unpaired) electrons. The van der Waals surface area contributed by atoms with Gasteiger partial charge in [-0.25, -0.2) is 8.42 Å². The van der Waals surface area contributed by atoms with E-state index in [-0.39, 0.29) is 10.8 Å². The van der Waals surface area contributed by atoms with Gasteiger partial charge in [-0.3, -0.25) is 9.78 Å². The molecule has 1 aromatic heterocycles. The third-order valence-corrected chi connectivity index (χ3v) is 4.30. The van der Waals surface area contributed by atoms with Gasteiger partial charge in [0.05, 0.1) is 4.90 Å². The van der Waals surface area contributed by atoms with Gasteiger partial charge in [0, 0.05) is 34.3 Å². The summed E-state index contributed by atoms with van der Waals surface area (Å²) in [6.45, 7) is 3.42. The van der Waals surface area contributed by atoms with Gasteiger partial charge in [-0.05, 0) is 49.2 Å². The Morgan fingerprint density at radius 3 is 2.14 bits per heavy atom. The number of hydrogen-bond donors (Lipinski definition) is 1. The first-order chi connectivity index (χ1) is 9.79. The lowest BCUT2D eigenvalue weighted by molar-refractivity contribution is 0.102. The number of carbonyl (C=O) groups excluding carboxylic acids is 1. The molecule has 0 aliphatic carbocycles. The Hall–Kier alpha value is -1.92. The van der Waals surface area contributed by atoms with E-state index >= 15 is 0 Å². The number of aryl methyl sites for hydroxylation is 2. The summed E-state index contributed by atoms with van der Waals surface area (Å²) in [7, 11) is 1.54. The van der Waals surface area contributed by atoms with Crippen molar-refractivity contribution in [2.75, 3.05) is 5.32 Å². The molecule has 5 nitrogen and oxygen atoms in total. The third-order valence-electron chi connectivity index (χ3n) is 2.97. The van der Waals surface area contributed by atoms with Crippen molar-refractivity contribution < 1.29 is 13.2 Å². The maximum atomic E-state index is 12.1. The van der Waals surface area contributed by atoms with Crippen LogP contribution in [0.3, 0.4) is 0 Å². The average Bonchev–Trinajstić information content (AvgIpc) is 2.42. The lowest BCUT2D eigenvalue weighted by Gasteiger charge is -2.13. The first-order valence-corrected chi connectivity index (χ1v) is 8.37. The number of halogens is 1. The van der Waals surface area contributed by atoms with Crippen LogP contribution in [0.4, 0.5) is 5.69 Å². The highest BCUT2D eigenvalue weighted by Gasteiger charge is 2.15. The van der Waals surface area contributed by atoms with Crippen LogP contribution in [0.1, 0.15) is 21.5 Å². The molecule has 2 aromatic rings. The molecule has 1 heterocycles. The zero-order valence-electron chi connectivity index (χ0n) is 11.4. The first kappa shape index (κ1) is 15.5. The van der Waals surface area contributed by atoms with Crippen LogP contribution in [-0.4, -0.2) is 19.3 Å². The first-order valence-electron chi connectivity index (χ1n) is 6.06. The van der Waals surface area contributed by atoms with Gasteiger partial charge in [0.1, 0.15) is 0 Å². The van der Waals surface area contributed by atoms with E-state index in [1.807, 2.05) is 0 Å². The van der Waals surface area contributed by atoms with Gasteiger partial charge in [-0.2, -0.15) is 0 Å². The molecule has 0 fully saturated rings. The Morgan fingerprint density at radius 2 is 1.67 bits per heavy atom. The summed E-state index contributed by atoms with van der Waals surface area (Å²) in [4.78, 5) is 16.0. The number of anilines is 1. The molecule has 7 heteroatoms. The van der Waals surface area contributed by atoms with Gasteiger partial charge >= 0.3 is 0 Å². The highest BCUT2D eigenvalue weighted by Crippen LogP contribution is 2.26. The molecule has 1 N–H and O–H groups in total. The molecule has 0 spiro atoms.